The summed E-state index contributed by atoms with van der Waals surface area (Å²) in [6, 6.07) is 21.3. The Morgan fingerprint density at radius 1 is 0.789 bits per heavy atom. The minimum Gasteiger partial charge on any atom is -0.507 e. The van der Waals surface area contributed by atoms with Gasteiger partial charge in [-0.25, -0.2) is 0 Å². The highest BCUT2D eigenvalue weighted by atomic mass is 16.3. The van der Waals surface area contributed by atoms with Gasteiger partial charge in [0, 0.05) is 11.8 Å². The molecular formula is C17H13NO. The molecule has 0 bridgehead atoms. The number of aromatic hydroxyl groups is 1. The predicted octanol–water partition coefficient (Wildman–Crippen LogP) is 4.30. The van der Waals surface area contributed by atoms with Crippen molar-refractivity contribution >= 4 is 22.7 Å². The van der Waals surface area contributed by atoms with Crippen molar-refractivity contribution in [3.05, 3.63) is 72.3 Å². The Hall–Kier alpha value is -2.61. The smallest absolute Gasteiger partial charge is 0.124 e. The Labute approximate surface area is 111 Å². The van der Waals surface area contributed by atoms with E-state index in [0.717, 1.165) is 22.0 Å². The van der Waals surface area contributed by atoms with E-state index >= 15 is 0 Å². The lowest BCUT2D eigenvalue weighted by atomic mass is 10.1. The lowest BCUT2D eigenvalue weighted by Gasteiger charge is -2.02. The molecule has 0 amide bonds. The van der Waals surface area contributed by atoms with Crippen LogP contribution < -0.4 is 0 Å². The second-order valence-corrected chi connectivity index (χ2v) is 4.35. The molecule has 0 saturated carbocycles. The first-order valence-electron chi connectivity index (χ1n) is 6.14. The molecule has 0 saturated heterocycles. The number of phenolic OH excluding ortho intramolecular Hbond substituents is 1. The Balaban J connectivity index is 2.01. The van der Waals surface area contributed by atoms with Gasteiger partial charge in [0.05, 0.1) is 5.69 Å². The van der Waals surface area contributed by atoms with Crippen LogP contribution in [0.15, 0.2) is 71.7 Å². The molecule has 3 aromatic carbocycles. The molecule has 0 aliphatic rings. The van der Waals surface area contributed by atoms with Gasteiger partial charge >= 0.3 is 0 Å². The van der Waals surface area contributed by atoms with Crippen molar-refractivity contribution in [3.63, 3.8) is 0 Å². The molecule has 0 radical (unpaired) electrons. The molecule has 19 heavy (non-hydrogen) atoms. The Bertz CT molecular complexity index is 733. The van der Waals surface area contributed by atoms with E-state index in [4.69, 9.17) is 0 Å². The van der Waals surface area contributed by atoms with Gasteiger partial charge in [-0.3, -0.25) is 4.99 Å². The summed E-state index contributed by atoms with van der Waals surface area (Å²) in [7, 11) is 0. The van der Waals surface area contributed by atoms with E-state index in [-0.39, 0.29) is 5.75 Å². The van der Waals surface area contributed by atoms with Crippen molar-refractivity contribution in [1.29, 1.82) is 0 Å². The molecule has 0 fully saturated rings. The summed E-state index contributed by atoms with van der Waals surface area (Å²) in [4.78, 5) is 4.36. The zero-order chi connectivity index (χ0) is 13.1. The van der Waals surface area contributed by atoms with Crippen LogP contribution in [0.4, 0.5) is 5.69 Å². The molecular weight excluding hydrogens is 234 g/mol. The van der Waals surface area contributed by atoms with Crippen LogP contribution in [0.25, 0.3) is 10.8 Å². The summed E-state index contributed by atoms with van der Waals surface area (Å²) in [5, 5.41) is 12.1. The highest BCUT2D eigenvalue weighted by Crippen LogP contribution is 2.24. The van der Waals surface area contributed by atoms with Crippen LogP contribution in [-0.2, 0) is 0 Å². The molecule has 0 unspecified atom stereocenters. The maximum atomic E-state index is 10.00. The van der Waals surface area contributed by atoms with E-state index in [1.165, 1.54) is 0 Å². The third kappa shape index (κ3) is 2.47. The normalized spacial score (nSPS) is 11.2. The molecule has 92 valence electrons. The summed E-state index contributed by atoms with van der Waals surface area (Å²) in [5.41, 5.74) is 1.60. The second kappa shape index (κ2) is 4.94. The summed E-state index contributed by atoms with van der Waals surface area (Å²) in [5.74, 6) is 0.249. The van der Waals surface area contributed by atoms with Gasteiger partial charge in [0.2, 0.25) is 0 Å². The lowest BCUT2D eigenvalue weighted by Crippen LogP contribution is -1.83. The van der Waals surface area contributed by atoms with E-state index < -0.39 is 0 Å². The van der Waals surface area contributed by atoms with Crippen LogP contribution in [-0.4, -0.2) is 11.3 Å². The number of benzene rings is 3. The SMILES string of the molecule is Oc1cc2ccccc2cc1/C=N/c1ccccc1. The monoisotopic (exact) mass is 247 g/mol. The second-order valence-electron chi connectivity index (χ2n) is 4.35. The van der Waals surface area contributed by atoms with Crippen molar-refractivity contribution in [3.8, 4) is 5.75 Å². The number of hydrogen-bond acceptors (Lipinski definition) is 2. The third-order valence-electron chi connectivity index (χ3n) is 3.00. The first kappa shape index (κ1) is 11.5. The quantitative estimate of drug-likeness (QED) is 0.673. The van der Waals surface area contributed by atoms with Gasteiger partial charge in [-0.1, -0.05) is 42.5 Å². The first-order chi connectivity index (χ1) is 9.33. The standard InChI is InChI=1S/C17H13NO/c19-17-11-14-7-5-4-6-13(14)10-15(17)12-18-16-8-2-1-3-9-16/h1-12,19H/b18-12+. The number of fused-ring (bicyclic) bond motifs is 1. The molecule has 2 nitrogen and oxygen atoms in total. The number of rotatable bonds is 2. The zero-order valence-electron chi connectivity index (χ0n) is 10.3. The fourth-order valence-corrected chi connectivity index (χ4v) is 2.01. The van der Waals surface area contributed by atoms with Gasteiger partial charge in [0.1, 0.15) is 5.75 Å². The maximum Gasteiger partial charge on any atom is 0.124 e. The fourth-order valence-electron chi connectivity index (χ4n) is 2.01. The van der Waals surface area contributed by atoms with E-state index in [2.05, 4.69) is 4.99 Å². The molecule has 0 atom stereocenters. The molecule has 0 aromatic heterocycles. The molecule has 0 aliphatic carbocycles. The van der Waals surface area contributed by atoms with Crippen molar-refractivity contribution in [2.75, 3.05) is 0 Å². The van der Waals surface area contributed by atoms with Crippen molar-refractivity contribution in [2.24, 2.45) is 4.99 Å². The zero-order valence-corrected chi connectivity index (χ0v) is 10.3. The number of para-hydroxylation sites is 1. The molecule has 3 aromatic rings. The minimum atomic E-state index is 0.249. The summed E-state index contributed by atoms with van der Waals surface area (Å²) in [6.07, 6.45) is 1.69. The minimum absolute atomic E-state index is 0.249. The largest absolute Gasteiger partial charge is 0.507 e. The Morgan fingerprint density at radius 3 is 2.16 bits per heavy atom. The molecule has 1 N–H and O–H groups in total. The van der Waals surface area contributed by atoms with Crippen LogP contribution in [0, 0.1) is 0 Å². The third-order valence-corrected chi connectivity index (χ3v) is 3.00. The van der Waals surface area contributed by atoms with Crippen LogP contribution in [0.2, 0.25) is 0 Å². The number of phenols is 1. The summed E-state index contributed by atoms with van der Waals surface area (Å²) < 4.78 is 0. The van der Waals surface area contributed by atoms with Crippen molar-refractivity contribution in [1.82, 2.24) is 0 Å². The lowest BCUT2D eigenvalue weighted by molar-refractivity contribution is 0.475. The van der Waals surface area contributed by atoms with Crippen molar-refractivity contribution in [2.45, 2.75) is 0 Å². The van der Waals surface area contributed by atoms with Crippen LogP contribution in [0.3, 0.4) is 0 Å². The number of nitrogens with zero attached hydrogens (tertiary/aromatic N) is 1. The highest BCUT2D eigenvalue weighted by Gasteiger charge is 2.01. The number of aliphatic imine (C=N–C) groups is 1. The van der Waals surface area contributed by atoms with E-state index in [1.807, 2.05) is 60.7 Å². The number of hydrogen-bond donors (Lipinski definition) is 1. The van der Waals surface area contributed by atoms with Gasteiger partial charge < -0.3 is 5.11 Å². The predicted molar refractivity (Wildman–Crippen MR) is 79.3 cm³/mol. The first-order valence-corrected chi connectivity index (χ1v) is 6.14. The Kier molecular flexibility index (Phi) is 2.99. The van der Waals surface area contributed by atoms with Gasteiger partial charge in [0.15, 0.2) is 0 Å². The molecule has 0 heterocycles. The summed E-state index contributed by atoms with van der Waals surface area (Å²) in [6.45, 7) is 0. The fraction of sp³-hybridized carbons (Fsp3) is 0. The Morgan fingerprint density at radius 2 is 1.42 bits per heavy atom. The summed E-state index contributed by atoms with van der Waals surface area (Å²) >= 11 is 0. The topological polar surface area (TPSA) is 32.6 Å². The highest BCUT2D eigenvalue weighted by molar-refractivity contribution is 5.94. The van der Waals surface area contributed by atoms with Gasteiger partial charge in [-0.2, -0.15) is 0 Å². The molecule has 0 aliphatic heterocycles. The van der Waals surface area contributed by atoms with Crippen molar-refractivity contribution < 1.29 is 5.11 Å². The van der Waals surface area contributed by atoms with Gasteiger partial charge in [0.25, 0.3) is 0 Å². The average molecular weight is 247 g/mol. The van der Waals surface area contributed by atoms with Crippen LogP contribution in [0.1, 0.15) is 5.56 Å². The molecule has 0 spiro atoms. The van der Waals surface area contributed by atoms with E-state index in [1.54, 1.807) is 12.3 Å². The molecule has 2 heteroatoms. The van der Waals surface area contributed by atoms with E-state index in [0.29, 0.717) is 0 Å². The van der Waals surface area contributed by atoms with Gasteiger partial charge in [-0.15, -0.1) is 0 Å². The average Bonchev–Trinajstić information content (AvgIpc) is 2.46. The maximum absolute atomic E-state index is 10.00. The van der Waals surface area contributed by atoms with E-state index in [9.17, 15) is 5.11 Å². The molecule has 3 rings (SSSR count). The van der Waals surface area contributed by atoms with Crippen LogP contribution in [0.5, 0.6) is 5.75 Å². The van der Waals surface area contributed by atoms with Gasteiger partial charge in [-0.05, 0) is 35.0 Å². The van der Waals surface area contributed by atoms with Crippen LogP contribution >= 0.6 is 0 Å².